The largest absolute Gasteiger partial charge is 0.391 e. The second kappa shape index (κ2) is 5.94. The summed E-state index contributed by atoms with van der Waals surface area (Å²) in [6, 6.07) is 8.19. The zero-order chi connectivity index (χ0) is 13.9. The fraction of sp³-hybridized carbons (Fsp3) is 0.562. The van der Waals surface area contributed by atoms with Gasteiger partial charge in [-0.05, 0) is 43.6 Å². The van der Waals surface area contributed by atoms with Gasteiger partial charge in [-0.2, -0.15) is 0 Å². The van der Waals surface area contributed by atoms with Gasteiger partial charge in [0.25, 0.3) is 0 Å². The summed E-state index contributed by atoms with van der Waals surface area (Å²) in [5.41, 5.74) is 2.19. The van der Waals surface area contributed by atoms with E-state index in [4.69, 9.17) is 0 Å². The Morgan fingerprint density at radius 3 is 2.40 bits per heavy atom. The van der Waals surface area contributed by atoms with Crippen LogP contribution in [-0.2, 0) is 11.3 Å². The summed E-state index contributed by atoms with van der Waals surface area (Å²) in [5.74, 6) is 0.0151. The van der Waals surface area contributed by atoms with E-state index in [0.717, 1.165) is 12.2 Å². The lowest BCUT2D eigenvalue weighted by molar-refractivity contribution is -0.117. The third-order valence-electron chi connectivity index (χ3n) is 4.21. The van der Waals surface area contributed by atoms with Crippen LogP contribution < -0.4 is 4.90 Å². The van der Waals surface area contributed by atoms with Crippen LogP contribution in [-0.4, -0.2) is 41.7 Å². The Kier molecular flexibility index (Phi) is 4.03. The van der Waals surface area contributed by atoms with Crippen molar-refractivity contribution < 1.29 is 9.90 Å². The topological polar surface area (TPSA) is 43.8 Å². The van der Waals surface area contributed by atoms with Crippen molar-refractivity contribution in [2.75, 3.05) is 24.5 Å². The lowest BCUT2D eigenvalue weighted by Crippen LogP contribution is -2.29. The highest BCUT2D eigenvalue weighted by atomic mass is 16.3. The summed E-state index contributed by atoms with van der Waals surface area (Å²) in [5, 5.41) is 9.53. The summed E-state index contributed by atoms with van der Waals surface area (Å²) in [6.07, 6.45) is 3.69. The zero-order valence-electron chi connectivity index (χ0n) is 11.8. The molecule has 0 bridgehead atoms. The molecule has 0 spiro atoms. The Bertz CT molecular complexity index is 466. The van der Waals surface area contributed by atoms with E-state index in [9.17, 15) is 9.90 Å². The molecule has 3 rings (SSSR count). The Morgan fingerprint density at radius 1 is 1.10 bits per heavy atom. The summed E-state index contributed by atoms with van der Waals surface area (Å²) < 4.78 is 0. The van der Waals surface area contributed by atoms with E-state index in [0.29, 0.717) is 6.54 Å². The molecular weight excluding hydrogens is 252 g/mol. The number of aliphatic hydroxyl groups excluding tert-OH is 1. The van der Waals surface area contributed by atoms with Crippen LogP contribution >= 0.6 is 0 Å². The molecule has 108 valence electrons. The van der Waals surface area contributed by atoms with Gasteiger partial charge in [-0.15, -0.1) is 0 Å². The quantitative estimate of drug-likeness (QED) is 0.913. The molecule has 2 aliphatic rings. The first kappa shape index (κ1) is 13.6. The van der Waals surface area contributed by atoms with Crippen molar-refractivity contribution in [2.45, 2.75) is 38.3 Å². The number of benzene rings is 1. The smallest absolute Gasteiger partial charge is 0.229 e. The Labute approximate surface area is 120 Å². The lowest BCUT2D eigenvalue weighted by atomic mass is 10.1. The number of carbonyl (C=O) groups excluding carboxylic acids is 1. The second-order valence-corrected chi connectivity index (χ2v) is 5.87. The van der Waals surface area contributed by atoms with Crippen LogP contribution in [0.15, 0.2) is 24.3 Å². The van der Waals surface area contributed by atoms with E-state index >= 15 is 0 Å². The summed E-state index contributed by atoms with van der Waals surface area (Å²) in [6.45, 7) is 3.80. The van der Waals surface area contributed by atoms with Crippen LogP contribution in [0.2, 0.25) is 0 Å². The fourth-order valence-corrected chi connectivity index (χ4v) is 3.10. The monoisotopic (exact) mass is 274 g/mol. The molecule has 0 aliphatic carbocycles. The highest BCUT2D eigenvalue weighted by molar-refractivity contribution is 5.96. The van der Waals surface area contributed by atoms with Gasteiger partial charge in [0.15, 0.2) is 0 Å². The van der Waals surface area contributed by atoms with Crippen molar-refractivity contribution in [3.8, 4) is 0 Å². The number of likely N-dealkylation sites (tertiary alicyclic amines) is 1. The highest BCUT2D eigenvalue weighted by Crippen LogP contribution is 2.22. The molecule has 1 unspecified atom stereocenters. The average Bonchev–Trinajstić information content (AvgIpc) is 2.80. The molecule has 4 nitrogen and oxygen atoms in total. The van der Waals surface area contributed by atoms with Gasteiger partial charge in [-0.1, -0.05) is 18.6 Å². The van der Waals surface area contributed by atoms with E-state index < -0.39 is 6.10 Å². The maximum absolute atomic E-state index is 11.7. The normalized spacial score (nSPS) is 24.4. The van der Waals surface area contributed by atoms with E-state index in [1.165, 1.54) is 37.9 Å². The average molecular weight is 274 g/mol. The van der Waals surface area contributed by atoms with Crippen molar-refractivity contribution in [2.24, 2.45) is 0 Å². The van der Waals surface area contributed by atoms with Gasteiger partial charge < -0.3 is 10.0 Å². The molecule has 2 heterocycles. The number of aliphatic hydroxyl groups is 1. The van der Waals surface area contributed by atoms with E-state index in [2.05, 4.69) is 17.0 Å². The zero-order valence-corrected chi connectivity index (χ0v) is 11.8. The fourth-order valence-electron chi connectivity index (χ4n) is 3.10. The molecule has 4 heteroatoms. The van der Waals surface area contributed by atoms with Gasteiger partial charge in [0, 0.05) is 12.2 Å². The molecule has 2 fully saturated rings. The number of piperidine rings is 1. The summed E-state index contributed by atoms with van der Waals surface area (Å²) in [4.78, 5) is 15.9. The number of amides is 1. The second-order valence-electron chi connectivity index (χ2n) is 5.87. The van der Waals surface area contributed by atoms with Crippen LogP contribution in [0.3, 0.4) is 0 Å². The van der Waals surface area contributed by atoms with Crippen molar-refractivity contribution in [1.82, 2.24) is 4.90 Å². The third-order valence-corrected chi connectivity index (χ3v) is 4.21. The molecule has 1 aromatic carbocycles. The molecule has 1 N–H and O–H groups in total. The minimum Gasteiger partial charge on any atom is -0.391 e. The Balaban J connectivity index is 1.63. The first-order valence-corrected chi connectivity index (χ1v) is 7.52. The van der Waals surface area contributed by atoms with Gasteiger partial charge in [0.2, 0.25) is 5.91 Å². The van der Waals surface area contributed by atoms with Crippen molar-refractivity contribution in [3.05, 3.63) is 29.8 Å². The van der Waals surface area contributed by atoms with Crippen molar-refractivity contribution >= 4 is 11.6 Å². The minimum absolute atomic E-state index is 0.0151. The number of hydrogen-bond acceptors (Lipinski definition) is 3. The van der Waals surface area contributed by atoms with Crippen molar-refractivity contribution in [1.29, 1.82) is 0 Å². The van der Waals surface area contributed by atoms with Gasteiger partial charge >= 0.3 is 0 Å². The summed E-state index contributed by atoms with van der Waals surface area (Å²) in [7, 11) is 0. The molecule has 1 atom stereocenters. The van der Waals surface area contributed by atoms with Crippen molar-refractivity contribution in [3.63, 3.8) is 0 Å². The van der Waals surface area contributed by atoms with Gasteiger partial charge in [-0.3, -0.25) is 9.69 Å². The molecular formula is C16H22N2O2. The molecule has 0 saturated carbocycles. The first-order valence-electron chi connectivity index (χ1n) is 7.52. The predicted octanol–water partition coefficient (Wildman–Crippen LogP) is 1.77. The molecule has 20 heavy (non-hydrogen) atoms. The molecule has 2 aliphatic heterocycles. The molecule has 1 aromatic rings. The lowest BCUT2D eigenvalue weighted by Gasteiger charge is -2.26. The van der Waals surface area contributed by atoms with Crippen LogP contribution in [0.5, 0.6) is 0 Å². The molecule has 0 radical (unpaired) electrons. The summed E-state index contributed by atoms with van der Waals surface area (Å²) >= 11 is 0. The number of hydrogen-bond donors (Lipinski definition) is 1. The van der Waals surface area contributed by atoms with E-state index in [1.54, 1.807) is 4.90 Å². The molecule has 0 aromatic heterocycles. The third kappa shape index (κ3) is 3.02. The van der Waals surface area contributed by atoms with Crippen LogP contribution in [0.4, 0.5) is 5.69 Å². The number of rotatable bonds is 3. The van der Waals surface area contributed by atoms with Gasteiger partial charge in [0.1, 0.15) is 0 Å². The minimum atomic E-state index is -0.518. The van der Waals surface area contributed by atoms with Crippen LogP contribution in [0.1, 0.15) is 31.2 Å². The van der Waals surface area contributed by atoms with Gasteiger partial charge in [-0.25, -0.2) is 0 Å². The number of carbonyl (C=O) groups is 1. The molecule has 1 amide bonds. The van der Waals surface area contributed by atoms with Gasteiger partial charge in [0.05, 0.1) is 19.1 Å². The Morgan fingerprint density at radius 2 is 1.80 bits per heavy atom. The van der Waals surface area contributed by atoms with E-state index in [1.807, 2.05) is 12.1 Å². The number of nitrogens with zero attached hydrogens (tertiary/aromatic N) is 2. The number of anilines is 1. The van der Waals surface area contributed by atoms with Crippen LogP contribution in [0.25, 0.3) is 0 Å². The predicted molar refractivity (Wildman–Crippen MR) is 78.5 cm³/mol. The maximum atomic E-state index is 11.7. The Hall–Kier alpha value is -1.39. The van der Waals surface area contributed by atoms with Crippen LogP contribution in [0, 0.1) is 0 Å². The number of β-amino-alcohol motifs (C(OH)–C–C–N with tert-alkyl or cyclic N) is 1. The maximum Gasteiger partial charge on any atom is 0.229 e. The SMILES string of the molecule is O=C1CC(O)CN1c1ccc(CN2CCCCC2)cc1. The molecule has 2 saturated heterocycles. The first-order chi connectivity index (χ1) is 9.72. The standard InChI is InChI=1S/C16H22N2O2/c19-15-10-16(20)18(12-15)14-6-4-13(5-7-14)11-17-8-2-1-3-9-17/h4-7,15,19H,1-3,8-12H2. The van der Waals surface area contributed by atoms with E-state index in [-0.39, 0.29) is 12.3 Å². The highest BCUT2D eigenvalue weighted by Gasteiger charge is 2.28.